The van der Waals surface area contributed by atoms with Crippen molar-refractivity contribution in [1.29, 1.82) is 0 Å². The minimum absolute atomic E-state index is 0.0793. The molecule has 198 valence electrons. The van der Waals surface area contributed by atoms with Crippen LogP contribution in [0.2, 0.25) is 0 Å². The van der Waals surface area contributed by atoms with Crippen LogP contribution in [0.1, 0.15) is 55.3 Å². The Hall–Kier alpha value is -3.51. The summed E-state index contributed by atoms with van der Waals surface area (Å²) in [4.78, 5) is 13.5. The van der Waals surface area contributed by atoms with Gasteiger partial charge < -0.3 is 9.73 Å². The Labute approximate surface area is 219 Å². The van der Waals surface area contributed by atoms with Crippen molar-refractivity contribution < 1.29 is 17.2 Å². The number of anilines is 1. The zero-order valence-corrected chi connectivity index (χ0v) is 22.1. The number of nitrogens with zero attached hydrogens (tertiary/aromatic N) is 5. The summed E-state index contributed by atoms with van der Waals surface area (Å²) in [5, 5.41) is 12.5. The summed E-state index contributed by atoms with van der Waals surface area (Å²) < 4.78 is 49.4. The minimum atomic E-state index is -3.99. The quantitative estimate of drug-likeness (QED) is 0.343. The monoisotopic (exact) mass is 537 g/mol. The first kappa shape index (κ1) is 24.8. The zero-order valence-electron chi connectivity index (χ0n) is 21.3. The lowest BCUT2D eigenvalue weighted by Gasteiger charge is -2.18. The number of sulfonamides is 1. The summed E-state index contributed by atoms with van der Waals surface area (Å²) in [7, 11) is -3.99. The fourth-order valence-corrected chi connectivity index (χ4v) is 6.54. The lowest BCUT2D eigenvalue weighted by molar-refractivity contribution is 0.221. The van der Waals surface area contributed by atoms with E-state index in [9.17, 15) is 12.8 Å². The van der Waals surface area contributed by atoms with Crippen LogP contribution in [-0.4, -0.2) is 51.8 Å². The molecule has 4 aromatic rings. The first-order chi connectivity index (χ1) is 18.1. The third-order valence-corrected chi connectivity index (χ3v) is 8.32. The summed E-state index contributed by atoms with van der Waals surface area (Å²) in [5.41, 5.74) is 1.58. The van der Waals surface area contributed by atoms with Gasteiger partial charge in [0.2, 0.25) is 21.7 Å². The molecule has 0 unspecified atom stereocenters. The number of fused-ring (bicyclic) bond motifs is 2. The van der Waals surface area contributed by atoms with E-state index in [4.69, 9.17) is 4.42 Å². The van der Waals surface area contributed by atoms with Gasteiger partial charge in [0.15, 0.2) is 0 Å². The van der Waals surface area contributed by atoms with E-state index >= 15 is 0 Å². The second kappa shape index (κ2) is 9.05. The standard InChI is InChI=1S/C26H28FN7O3S/c1-14-33-34-25(37-14)24-29-11-19(12-30-24)32-18-7-16-6-17-10-28-22(15-4-5-15)9-21(17)23(20(16)8-18)38(35,36)31-13-26(2,3)27/h6,9-12,15,18,31-32H,4-5,7-8,13H2,1-3H3/t18-/m1/s1. The Kier molecular flexibility index (Phi) is 5.91. The summed E-state index contributed by atoms with van der Waals surface area (Å²) in [6, 6.07) is 3.84. The molecule has 2 N–H and O–H groups in total. The van der Waals surface area contributed by atoms with E-state index in [-0.39, 0.29) is 23.4 Å². The molecule has 3 heterocycles. The Morgan fingerprint density at radius 3 is 2.50 bits per heavy atom. The molecule has 12 heteroatoms. The van der Waals surface area contributed by atoms with Crippen LogP contribution >= 0.6 is 0 Å². The topological polar surface area (TPSA) is 136 Å². The number of hydrogen-bond donors (Lipinski definition) is 2. The van der Waals surface area contributed by atoms with Crippen molar-refractivity contribution >= 4 is 26.5 Å². The number of benzene rings is 1. The third kappa shape index (κ3) is 4.97. The molecule has 0 bridgehead atoms. The van der Waals surface area contributed by atoms with Gasteiger partial charge in [-0.1, -0.05) is 0 Å². The predicted octanol–water partition coefficient (Wildman–Crippen LogP) is 3.87. The van der Waals surface area contributed by atoms with E-state index in [1.807, 2.05) is 12.1 Å². The van der Waals surface area contributed by atoms with Crippen molar-refractivity contribution in [3.05, 3.63) is 53.4 Å². The van der Waals surface area contributed by atoms with Crippen LogP contribution in [0.15, 0.2) is 40.0 Å². The largest absolute Gasteiger partial charge is 0.418 e. The number of hydrogen-bond acceptors (Lipinski definition) is 9. The Morgan fingerprint density at radius 1 is 1.08 bits per heavy atom. The van der Waals surface area contributed by atoms with Gasteiger partial charge in [-0.15, -0.1) is 10.2 Å². The normalized spacial score (nSPS) is 17.6. The van der Waals surface area contributed by atoms with E-state index in [1.165, 1.54) is 13.8 Å². The summed E-state index contributed by atoms with van der Waals surface area (Å²) in [6.07, 6.45) is 8.22. The molecule has 1 fully saturated rings. The first-order valence-electron chi connectivity index (χ1n) is 12.6. The highest BCUT2D eigenvalue weighted by Gasteiger charge is 2.33. The lowest BCUT2D eigenvalue weighted by atomic mass is 10.0. The fourth-order valence-electron chi connectivity index (χ4n) is 4.85. The van der Waals surface area contributed by atoms with Crippen LogP contribution < -0.4 is 10.0 Å². The van der Waals surface area contributed by atoms with Gasteiger partial charge in [0, 0.05) is 48.1 Å². The van der Waals surface area contributed by atoms with E-state index in [2.05, 4.69) is 35.2 Å². The molecule has 0 radical (unpaired) electrons. The molecule has 10 nitrogen and oxygen atoms in total. The van der Waals surface area contributed by atoms with Crippen LogP contribution in [0, 0.1) is 6.92 Å². The number of pyridine rings is 1. The van der Waals surface area contributed by atoms with Gasteiger partial charge in [0.1, 0.15) is 5.67 Å². The first-order valence-corrected chi connectivity index (χ1v) is 14.1. The van der Waals surface area contributed by atoms with E-state index < -0.39 is 15.7 Å². The molecule has 1 saturated carbocycles. The SMILES string of the molecule is Cc1nnc(-c2ncc(N[C@@H]3Cc4cc5cnc(C6CC6)cc5c(S(=O)(=O)NCC(C)(C)F)c4C3)cn2)o1. The van der Waals surface area contributed by atoms with E-state index in [0.717, 1.165) is 35.0 Å². The van der Waals surface area contributed by atoms with Crippen LogP contribution in [-0.2, 0) is 22.9 Å². The maximum absolute atomic E-state index is 14.3. The van der Waals surface area contributed by atoms with Crippen molar-refractivity contribution in [1.82, 2.24) is 29.9 Å². The smallest absolute Gasteiger partial charge is 0.285 e. The van der Waals surface area contributed by atoms with Gasteiger partial charge >= 0.3 is 0 Å². The second-order valence-electron chi connectivity index (χ2n) is 10.7. The van der Waals surface area contributed by atoms with Gasteiger partial charge in [-0.2, -0.15) is 0 Å². The number of nitrogens with one attached hydrogen (secondary N) is 2. The summed E-state index contributed by atoms with van der Waals surface area (Å²) in [6.45, 7) is 4.08. The molecule has 0 saturated heterocycles. The van der Waals surface area contributed by atoms with E-state index in [0.29, 0.717) is 41.5 Å². The zero-order chi connectivity index (χ0) is 26.7. The Morgan fingerprint density at radius 2 is 1.84 bits per heavy atom. The summed E-state index contributed by atoms with van der Waals surface area (Å²) >= 11 is 0. The second-order valence-corrected chi connectivity index (χ2v) is 12.4. The Balaban J connectivity index is 1.32. The van der Waals surface area contributed by atoms with Crippen molar-refractivity contribution in [2.24, 2.45) is 0 Å². The van der Waals surface area contributed by atoms with Gasteiger partial charge in [0.05, 0.1) is 23.0 Å². The van der Waals surface area contributed by atoms with Gasteiger partial charge in [-0.05, 0) is 62.8 Å². The van der Waals surface area contributed by atoms with Crippen LogP contribution in [0.25, 0.3) is 22.5 Å². The van der Waals surface area contributed by atoms with Gasteiger partial charge in [0.25, 0.3) is 5.89 Å². The van der Waals surface area contributed by atoms with Crippen molar-refractivity contribution in [2.75, 3.05) is 11.9 Å². The maximum atomic E-state index is 14.3. The highest BCUT2D eigenvalue weighted by Crippen LogP contribution is 2.42. The number of aryl methyl sites for hydroxylation is 1. The molecular weight excluding hydrogens is 509 g/mol. The molecule has 2 aliphatic carbocycles. The van der Waals surface area contributed by atoms with E-state index in [1.54, 1.807) is 25.5 Å². The molecule has 0 spiro atoms. The van der Waals surface area contributed by atoms with Crippen molar-refractivity contribution in [3.8, 4) is 11.7 Å². The minimum Gasteiger partial charge on any atom is -0.418 e. The molecule has 1 atom stereocenters. The van der Waals surface area contributed by atoms with Gasteiger partial charge in [-0.3, -0.25) is 4.98 Å². The van der Waals surface area contributed by atoms with Crippen molar-refractivity contribution in [2.45, 2.75) is 69.0 Å². The summed E-state index contributed by atoms with van der Waals surface area (Å²) in [5.74, 6) is 1.37. The molecule has 6 rings (SSSR count). The van der Waals surface area contributed by atoms with Crippen molar-refractivity contribution in [3.63, 3.8) is 0 Å². The molecule has 0 amide bonds. The predicted molar refractivity (Wildman–Crippen MR) is 139 cm³/mol. The highest BCUT2D eigenvalue weighted by atomic mass is 32.2. The number of halogens is 1. The Bertz CT molecular complexity index is 1630. The number of alkyl halides is 1. The molecule has 38 heavy (non-hydrogen) atoms. The molecule has 2 aliphatic rings. The molecule has 3 aromatic heterocycles. The lowest BCUT2D eigenvalue weighted by Crippen LogP contribution is -2.36. The molecular formula is C26H28FN7O3S. The average molecular weight is 538 g/mol. The number of rotatable bonds is 8. The highest BCUT2D eigenvalue weighted by molar-refractivity contribution is 7.89. The van der Waals surface area contributed by atoms with Crippen LogP contribution in [0.3, 0.4) is 0 Å². The molecule has 1 aromatic carbocycles. The fraction of sp³-hybridized carbons (Fsp3) is 0.423. The average Bonchev–Trinajstić information content (AvgIpc) is 3.51. The van der Waals surface area contributed by atoms with Crippen LogP contribution in [0.5, 0.6) is 0 Å². The van der Waals surface area contributed by atoms with Crippen LogP contribution in [0.4, 0.5) is 10.1 Å². The maximum Gasteiger partial charge on any atom is 0.285 e. The van der Waals surface area contributed by atoms with Gasteiger partial charge in [-0.25, -0.2) is 27.5 Å². The number of aromatic nitrogens is 5. The molecule has 0 aliphatic heterocycles. The third-order valence-electron chi connectivity index (χ3n) is 6.80.